The molecule has 116 valence electrons. The molecule has 4 rings (SSSR count). The van der Waals surface area contributed by atoms with Gasteiger partial charge in [0.15, 0.2) is 4.80 Å². The minimum atomic E-state index is -0.153. The summed E-state index contributed by atoms with van der Waals surface area (Å²) in [6.45, 7) is 0. The van der Waals surface area contributed by atoms with Crippen LogP contribution in [0, 0.1) is 0 Å². The predicted molar refractivity (Wildman–Crippen MR) is 91.6 cm³/mol. The van der Waals surface area contributed by atoms with Crippen LogP contribution in [0.3, 0.4) is 0 Å². The molecular formula is C18H17N3OS. The van der Waals surface area contributed by atoms with Crippen molar-refractivity contribution in [3.8, 4) is 0 Å². The molecule has 0 saturated carbocycles. The van der Waals surface area contributed by atoms with Crippen molar-refractivity contribution in [2.75, 3.05) is 0 Å². The van der Waals surface area contributed by atoms with Gasteiger partial charge in [0, 0.05) is 29.7 Å². The lowest BCUT2D eigenvalue weighted by Crippen LogP contribution is -2.16. The standard InChI is InChI=1S/C18H17N3OS/c1-21-10-11-23-18(21)20-17(22)16-12-6-2-4-8-14(12)19-15-9-5-3-7-13(15)16/h2,4,6,8,10-11H,3,5,7,9H2,1H3. The fraction of sp³-hybridized carbons (Fsp3) is 0.278. The van der Waals surface area contributed by atoms with E-state index in [1.165, 1.54) is 11.3 Å². The molecule has 5 heteroatoms. The topological polar surface area (TPSA) is 47.2 Å². The van der Waals surface area contributed by atoms with Gasteiger partial charge in [0.2, 0.25) is 0 Å². The summed E-state index contributed by atoms with van der Waals surface area (Å²) >= 11 is 1.48. The number of nitrogens with zero attached hydrogens (tertiary/aromatic N) is 3. The highest BCUT2D eigenvalue weighted by atomic mass is 32.1. The predicted octanol–water partition coefficient (Wildman–Crippen LogP) is 3.25. The summed E-state index contributed by atoms with van der Waals surface area (Å²) in [5.74, 6) is -0.153. The van der Waals surface area contributed by atoms with E-state index in [-0.39, 0.29) is 5.91 Å². The van der Waals surface area contributed by atoms with Crippen LogP contribution in [-0.2, 0) is 19.9 Å². The minimum Gasteiger partial charge on any atom is -0.327 e. The molecule has 0 N–H and O–H groups in total. The number of fused-ring (bicyclic) bond motifs is 2. The van der Waals surface area contributed by atoms with Crippen LogP contribution in [0.4, 0.5) is 0 Å². The van der Waals surface area contributed by atoms with Gasteiger partial charge in [-0.05, 0) is 37.3 Å². The first kappa shape index (κ1) is 14.3. The van der Waals surface area contributed by atoms with E-state index in [0.29, 0.717) is 0 Å². The third-order valence-corrected chi connectivity index (χ3v) is 5.19. The van der Waals surface area contributed by atoms with Crippen molar-refractivity contribution in [1.82, 2.24) is 9.55 Å². The minimum absolute atomic E-state index is 0.153. The zero-order chi connectivity index (χ0) is 15.8. The van der Waals surface area contributed by atoms with Gasteiger partial charge in [-0.15, -0.1) is 11.3 Å². The van der Waals surface area contributed by atoms with Crippen LogP contribution in [0.5, 0.6) is 0 Å². The zero-order valence-corrected chi connectivity index (χ0v) is 13.8. The van der Waals surface area contributed by atoms with Gasteiger partial charge >= 0.3 is 0 Å². The average Bonchev–Trinajstić information content (AvgIpc) is 2.97. The average molecular weight is 323 g/mol. The molecular weight excluding hydrogens is 306 g/mol. The number of pyridine rings is 1. The second kappa shape index (κ2) is 5.74. The third kappa shape index (κ3) is 2.51. The highest BCUT2D eigenvalue weighted by Crippen LogP contribution is 2.29. The summed E-state index contributed by atoms with van der Waals surface area (Å²) in [6, 6.07) is 7.89. The van der Waals surface area contributed by atoms with Crippen molar-refractivity contribution in [3.05, 3.63) is 57.5 Å². The van der Waals surface area contributed by atoms with E-state index in [2.05, 4.69) is 4.99 Å². The van der Waals surface area contributed by atoms with Crippen LogP contribution < -0.4 is 4.80 Å². The Hall–Kier alpha value is -2.27. The largest absolute Gasteiger partial charge is 0.327 e. The van der Waals surface area contributed by atoms with Crippen LogP contribution in [0.2, 0.25) is 0 Å². The lowest BCUT2D eigenvalue weighted by Gasteiger charge is -2.19. The summed E-state index contributed by atoms with van der Waals surface area (Å²) < 4.78 is 1.87. The second-order valence-electron chi connectivity index (χ2n) is 5.85. The van der Waals surface area contributed by atoms with Crippen molar-refractivity contribution in [2.24, 2.45) is 12.0 Å². The van der Waals surface area contributed by atoms with Crippen LogP contribution in [0.25, 0.3) is 10.9 Å². The maximum Gasteiger partial charge on any atom is 0.280 e. The fourth-order valence-electron chi connectivity index (χ4n) is 3.19. The molecule has 3 aromatic rings. The first-order valence-electron chi connectivity index (χ1n) is 7.84. The highest BCUT2D eigenvalue weighted by Gasteiger charge is 2.22. The summed E-state index contributed by atoms with van der Waals surface area (Å²) in [7, 11) is 1.91. The molecule has 0 atom stereocenters. The molecule has 2 heterocycles. The van der Waals surface area contributed by atoms with Crippen LogP contribution in [-0.4, -0.2) is 15.5 Å². The first-order valence-corrected chi connectivity index (χ1v) is 8.71. The number of aryl methyl sites for hydroxylation is 2. The third-order valence-electron chi connectivity index (χ3n) is 4.34. The molecule has 0 bridgehead atoms. The molecule has 0 unspecified atom stereocenters. The van der Waals surface area contributed by atoms with Gasteiger partial charge in [-0.1, -0.05) is 18.2 Å². The van der Waals surface area contributed by atoms with Crippen molar-refractivity contribution in [2.45, 2.75) is 25.7 Å². The van der Waals surface area contributed by atoms with E-state index in [1.807, 2.05) is 47.5 Å². The van der Waals surface area contributed by atoms with Crippen LogP contribution >= 0.6 is 11.3 Å². The van der Waals surface area contributed by atoms with Crippen molar-refractivity contribution >= 4 is 28.1 Å². The first-order chi connectivity index (χ1) is 11.2. The number of benzene rings is 1. The Bertz CT molecular complexity index is 968. The normalized spacial score (nSPS) is 14.9. The molecule has 1 aromatic carbocycles. The van der Waals surface area contributed by atoms with Gasteiger partial charge in [-0.3, -0.25) is 9.78 Å². The quantitative estimate of drug-likeness (QED) is 0.690. The van der Waals surface area contributed by atoms with Gasteiger partial charge in [0.05, 0.1) is 11.1 Å². The maximum atomic E-state index is 12.9. The number of amides is 1. The number of aromatic nitrogens is 2. The Labute approximate surface area is 138 Å². The summed E-state index contributed by atoms with van der Waals surface area (Å²) in [6.07, 6.45) is 6.04. The lowest BCUT2D eigenvalue weighted by atomic mass is 9.89. The number of carbonyl (C=O) groups excluding carboxylic acids is 1. The Kier molecular flexibility index (Phi) is 3.58. The van der Waals surface area contributed by atoms with E-state index in [9.17, 15) is 4.79 Å². The van der Waals surface area contributed by atoms with Crippen LogP contribution in [0.1, 0.15) is 34.5 Å². The molecule has 0 radical (unpaired) electrons. The van der Waals surface area contributed by atoms with Crippen molar-refractivity contribution in [1.29, 1.82) is 0 Å². The van der Waals surface area contributed by atoms with Crippen molar-refractivity contribution < 1.29 is 4.79 Å². The second-order valence-corrected chi connectivity index (χ2v) is 6.72. The number of hydrogen-bond acceptors (Lipinski definition) is 3. The summed E-state index contributed by atoms with van der Waals surface area (Å²) in [5.41, 5.74) is 3.81. The van der Waals surface area contributed by atoms with E-state index < -0.39 is 0 Å². The van der Waals surface area contributed by atoms with E-state index in [0.717, 1.165) is 58.2 Å². The van der Waals surface area contributed by atoms with E-state index >= 15 is 0 Å². The number of hydrogen-bond donors (Lipinski definition) is 0. The van der Waals surface area contributed by atoms with Crippen LogP contribution in [0.15, 0.2) is 40.8 Å². The highest BCUT2D eigenvalue weighted by molar-refractivity contribution is 7.07. The molecule has 1 aliphatic carbocycles. The molecule has 0 aliphatic heterocycles. The van der Waals surface area contributed by atoms with Gasteiger partial charge < -0.3 is 4.57 Å². The van der Waals surface area contributed by atoms with Gasteiger partial charge in [0.1, 0.15) is 0 Å². The molecule has 23 heavy (non-hydrogen) atoms. The molecule has 2 aromatic heterocycles. The molecule has 0 saturated heterocycles. The summed E-state index contributed by atoms with van der Waals surface area (Å²) in [5, 5.41) is 2.85. The number of rotatable bonds is 1. The van der Waals surface area contributed by atoms with Crippen molar-refractivity contribution in [3.63, 3.8) is 0 Å². The number of carbonyl (C=O) groups is 1. The van der Waals surface area contributed by atoms with Gasteiger partial charge in [-0.2, -0.15) is 4.99 Å². The Morgan fingerprint density at radius 2 is 2.09 bits per heavy atom. The molecule has 4 nitrogen and oxygen atoms in total. The lowest BCUT2D eigenvalue weighted by molar-refractivity contribution is 0.0998. The monoisotopic (exact) mass is 323 g/mol. The smallest absolute Gasteiger partial charge is 0.280 e. The Balaban J connectivity index is 1.98. The van der Waals surface area contributed by atoms with Gasteiger partial charge in [-0.25, -0.2) is 0 Å². The fourth-order valence-corrected chi connectivity index (χ4v) is 3.92. The molecule has 1 aliphatic rings. The van der Waals surface area contributed by atoms with Gasteiger partial charge in [0.25, 0.3) is 5.91 Å². The maximum absolute atomic E-state index is 12.9. The van der Waals surface area contributed by atoms with E-state index in [4.69, 9.17) is 4.98 Å². The molecule has 1 amide bonds. The van der Waals surface area contributed by atoms with E-state index in [1.54, 1.807) is 0 Å². The zero-order valence-electron chi connectivity index (χ0n) is 13.0. The SMILES string of the molecule is Cn1ccsc1=NC(=O)c1c2c(nc3ccccc13)CCCC2. The Morgan fingerprint density at radius 3 is 2.91 bits per heavy atom. The Morgan fingerprint density at radius 1 is 1.26 bits per heavy atom. The molecule has 0 spiro atoms. The molecule has 0 fully saturated rings. The number of thiazole rings is 1. The summed E-state index contributed by atoms with van der Waals surface area (Å²) in [4.78, 5) is 22.8. The number of para-hydroxylation sites is 1.